The third-order valence-corrected chi connectivity index (χ3v) is 3.29. The minimum absolute atomic E-state index is 0.175. The minimum atomic E-state index is -0.493. The summed E-state index contributed by atoms with van der Waals surface area (Å²) in [6, 6.07) is -0.175. The summed E-state index contributed by atoms with van der Waals surface area (Å²) in [5.74, 6) is 0. The van der Waals surface area contributed by atoms with Crippen molar-refractivity contribution in [2.75, 3.05) is 11.9 Å². The van der Waals surface area contributed by atoms with Gasteiger partial charge in [-0.3, -0.25) is 0 Å². The molecular weight excluding hydrogens is 172 g/mol. The minimum Gasteiger partial charge on any atom is -0.387 e. The third kappa shape index (κ3) is 1.03. The molecule has 2 heterocycles. The van der Waals surface area contributed by atoms with E-state index in [2.05, 4.69) is 5.32 Å². The van der Waals surface area contributed by atoms with Gasteiger partial charge in [0.1, 0.15) is 0 Å². The molecule has 66 valence electrons. The first-order valence-corrected chi connectivity index (χ1v) is 4.83. The standard InChI is InChI=1S/C8H12N2OS/c1-4-3-12-8-6(4)7(11)5(9)2-10-8/h3,5,7,10-11H,2,9H2,1H3. The molecule has 2 rings (SSSR count). The topological polar surface area (TPSA) is 58.3 Å². The Balaban J connectivity index is 2.45. The van der Waals surface area contributed by atoms with E-state index in [-0.39, 0.29) is 6.04 Å². The number of rotatable bonds is 0. The van der Waals surface area contributed by atoms with Crippen molar-refractivity contribution in [2.45, 2.75) is 19.1 Å². The highest BCUT2D eigenvalue weighted by Gasteiger charge is 2.27. The number of nitrogens with one attached hydrogen (secondary N) is 1. The number of anilines is 1. The fourth-order valence-corrected chi connectivity index (χ4v) is 2.49. The second-order valence-electron chi connectivity index (χ2n) is 3.15. The van der Waals surface area contributed by atoms with Gasteiger partial charge in [0.25, 0.3) is 0 Å². The highest BCUT2D eigenvalue weighted by Crippen LogP contribution is 2.36. The van der Waals surface area contributed by atoms with Crippen LogP contribution in [0.4, 0.5) is 5.00 Å². The summed E-state index contributed by atoms with van der Waals surface area (Å²) in [5.41, 5.74) is 7.83. The van der Waals surface area contributed by atoms with Crippen LogP contribution in [0.25, 0.3) is 0 Å². The summed E-state index contributed by atoms with van der Waals surface area (Å²) in [7, 11) is 0. The lowest BCUT2D eigenvalue weighted by molar-refractivity contribution is 0.147. The summed E-state index contributed by atoms with van der Waals surface area (Å²) < 4.78 is 0. The van der Waals surface area contributed by atoms with E-state index < -0.39 is 6.10 Å². The zero-order valence-corrected chi connectivity index (χ0v) is 7.69. The molecule has 1 aromatic rings. The molecular formula is C8H12N2OS. The van der Waals surface area contributed by atoms with Crippen molar-refractivity contribution in [3.8, 4) is 0 Å². The van der Waals surface area contributed by atoms with Crippen LogP contribution in [0.15, 0.2) is 5.38 Å². The van der Waals surface area contributed by atoms with Crippen LogP contribution in [0.1, 0.15) is 17.2 Å². The van der Waals surface area contributed by atoms with Crippen LogP contribution in [0.2, 0.25) is 0 Å². The lowest BCUT2D eigenvalue weighted by atomic mass is 9.99. The molecule has 0 fully saturated rings. The van der Waals surface area contributed by atoms with Gasteiger partial charge in [-0.25, -0.2) is 0 Å². The van der Waals surface area contributed by atoms with Crippen molar-refractivity contribution in [1.82, 2.24) is 0 Å². The summed E-state index contributed by atoms with van der Waals surface area (Å²) >= 11 is 1.63. The van der Waals surface area contributed by atoms with Gasteiger partial charge in [0, 0.05) is 12.1 Å². The lowest BCUT2D eigenvalue weighted by Gasteiger charge is -2.26. The Morgan fingerprint density at radius 2 is 2.50 bits per heavy atom. The van der Waals surface area contributed by atoms with Gasteiger partial charge >= 0.3 is 0 Å². The Labute approximate surface area is 75.2 Å². The normalized spacial score (nSPS) is 27.9. The van der Waals surface area contributed by atoms with Crippen LogP contribution in [-0.4, -0.2) is 17.7 Å². The van der Waals surface area contributed by atoms with Crippen molar-refractivity contribution in [1.29, 1.82) is 0 Å². The van der Waals surface area contributed by atoms with Crippen molar-refractivity contribution in [2.24, 2.45) is 5.73 Å². The molecule has 0 bridgehead atoms. The molecule has 0 spiro atoms. The Morgan fingerprint density at radius 3 is 3.25 bits per heavy atom. The highest BCUT2D eigenvalue weighted by atomic mass is 32.1. The molecule has 1 aromatic heterocycles. The Bertz CT molecular complexity index is 297. The Kier molecular flexibility index (Phi) is 1.83. The second kappa shape index (κ2) is 2.73. The van der Waals surface area contributed by atoms with E-state index in [1.165, 1.54) is 0 Å². The summed E-state index contributed by atoms with van der Waals surface area (Å²) in [6.07, 6.45) is -0.493. The molecule has 0 saturated carbocycles. The third-order valence-electron chi connectivity index (χ3n) is 2.22. The molecule has 0 amide bonds. The molecule has 2 atom stereocenters. The van der Waals surface area contributed by atoms with E-state index in [1.54, 1.807) is 11.3 Å². The van der Waals surface area contributed by atoms with Crippen molar-refractivity contribution >= 4 is 16.3 Å². The summed E-state index contributed by atoms with van der Waals surface area (Å²) in [6.45, 7) is 2.66. The average Bonchev–Trinajstić information content (AvgIpc) is 2.41. The van der Waals surface area contributed by atoms with Crippen molar-refractivity contribution in [3.63, 3.8) is 0 Å². The number of hydrogen-bond acceptors (Lipinski definition) is 4. The lowest BCUT2D eigenvalue weighted by Crippen LogP contribution is -2.38. The first-order valence-electron chi connectivity index (χ1n) is 3.95. The van der Waals surface area contributed by atoms with Gasteiger partial charge in [-0.15, -0.1) is 11.3 Å². The molecule has 0 radical (unpaired) electrons. The van der Waals surface area contributed by atoms with Crippen LogP contribution >= 0.6 is 11.3 Å². The first-order chi connectivity index (χ1) is 5.70. The van der Waals surface area contributed by atoms with Crippen LogP contribution in [0, 0.1) is 6.92 Å². The molecule has 0 aliphatic carbocycles. The quantitative estimate of drug-likeness (QED) is 0.560. The average molecular weight is 184 g/mol. The van der Waals surface area contributed by atoms with Gasteiger partial charge in [-0.2, -0.15) is 0 Å². The van der Waals surface area contributed by atoms with E-state index in [4.69, 9.17) is 5.73 Å². The molecule has 2 unspecified atom stereocenters. The predicted molar refractivity (Wildman–Crippen MR) is 50.5 cm³/mol. The molecule has 12 heavy (non-hydrogen) atoms. The fourth-order valence-electron chi connectivity index (χ4n) is 1.49. The fraction of sp³-hybridized carbons (Fsp3) is 0.500. The van der Waals surface area contributed by atoms with Crippen LogP contribution in [0.5, 0.6) is 0 Å². The van der Waals surface area contributed by atoms with Gasteiger partial charge in [-0.05, 0) is 17.9 Å². The van der Waals surface area contributed by atoms with Crippen LogP contribution in [0.3, 0.4) is 0 Å². The molecule has 3 nitrogen and oxygen atoms in total. The first kappa shape index (κ1) is 8.04. The number of hydrogen-bond donors (Lipinski definition) is 3. The van der Waals surface area contributed by atoms with Gasteiger partial charge in [0.2, 0.25) is 0 Å². The maximum atomic E-state index is 9.74. The number of aliphatic hydroxyl groups excluding tert-OH is 1. The molecule has 4 N–H and O–H groups in total. The molecule has 1 aliphatic rings. The number of fused-ring (bicyclic) bond motifs is 1. The predicted octanol–water partition coefficient (Wildman–Crippen LogP) is 0.843. The maximum absolute atomic E-state index is 9.74. The Hall–Kier alpha value is -0.580. The zero-order chi connectivity index (χ0) is 8.72. The van der Waals surface area contributed by atoms with Crippen LogP contribution < -0.4 is 11.1 Å². The number of thiophene rings is 1. The smallest absolute Gasteiger partial charge is 0.0989 e. The van der Waals surface area contributed by atoms with Crippen LogP contribution in [-0.2, 0) is 0 Å². The van der Waals surface area contributed by atoms with Gasteiger partial charge in [0.15, 0.2) is 0 Å². The SMILES string of the molecule is Cc1csc2c1C(O)C(N)CN2. The Morgan fingerprint density at radius 1 is 1.75 bits per heavy atom. The van der Waals surface area contributed by atoms with E-state index >= 15 is 0 Å². The highest BCUT2D eigenvalue weighted by molar-refractivity contribution is 7.14. The second-order valence-corrected chi connectivity index (χ2v) is 4.03. The molecule has 4 heteroatoms. The van der Waals surface area contributed by atoms with E-state index in [0.717, 1.165) is 16.1 Å². The number of aryl methyl sites for hydroxylation is 1. The maximum Gasteiger partial charge on any atom is 0.0989 e. The number of aliphatic hydroxyl groups is 1. The van der Waals surface area contributed by atoms with Crippen molar-refractivity contribution in [3.05, 3.63) is 16.5 Å². The van der Waals surface area contributed by atoms with Gasteiger partial charge < -0.3 is 16.2 Å². The van der Waals surface area contributed by atoms with E-state index in [0.29, 0.717) is 6.54 Å². The summed E-state index contributed by atoms with van der Waals surface area (Å²) in [4.78, 5) is 0. The summed E-state index contributed by atoms with van der Waals surface area (Å²) in [5, 5.41) is 16.0. The number of nitrogens with two attached hydrogens (primary N) is 1. The zero-order valence-electron chi connectivity index (χ0n) is 6.87. The molecule has 0 aromatic carbocycles. The molecule has 0 saturated heterocycles. The van der Waals surface area contributed by atoms with Gasteiger partial charge in [-0.1, -0.05) is 0 Å². The van der Waals surface area contributed by atoms with E-state index in [9.17, 15) is 5.11 Å². The van der Waals surface area contributed by atoms with Gasteiger partial charge in [0.05, 0.1) is 17.1 Å². The van der Waals surface area contributed by atoms with E-state index in [1.807, 2.05) is 12.3 Å². The molecule has 1 aliphatic heterocycles. The van der Waals surface area contributed by atoms with Crippen molar-refractivity contribution < 1.29 is 5.11 Å². The largest absolute Gasteiger partial charge is 0.387 e. The monoisotopic (exact) mass is 184 g/mol.